The molecule has 0 aliphatic carbocycles. The molecule has 0 fully saturated rings. The number of hydrogen-bond acceptors (Lipinski definition) is 1. The molecule has 0 saturated heterocycles. The van der Waals surface area contributed by atoms with Gasteiger partial charge in [-0.2, -0.15) is 0 Å². The average molecular weight is 347 g/mol. The van der Waals surface area contributed by atoms with Crippen LogP contribution in [-0.4, -0.2) is 6.10 Å². The first-order valence-electron chi connectivity index (χ1n) is 9.72. The Hall–Kier alpha value is -2.28. The van der Waals surface area contributed by atoms with E-state index in [1.807, 2.05) is 0 Å². The second-order valence-electron chi connectivity index (χ2n) is 7.59. The molecule has 1 aliphatic rings. The molecule has 0 bridgehead atoms. The number of hydrogen-bond donors (Lipinski definition) is 0. The standard InChI is InChI=1S/C25H30O/c1-19(2)10-9-11-20(3)16-17-25-23(21-12-5-4-6-13-21)18-22-14-7-8-15-24(22)26-25/h4-8,10,12-16,23,25H,9,11,17-18H2,1-3H3/b20-16+. The molecule has 1 heteroatoms. The minimum atomic E-state index is 0.200. The Kier molecular flexibility index (Phi) is 6.33. The largest absolute Gasteiger partial charge is 0.489 e. The Bertz CT molecular complexity index is 766. The Morgan fingerprint density at radius 1 is 0.962 bits per heavy atom. The first-order chi connectivity index (χ1) is 12.6. The van der Waals surface area contributed by atoms with Crippen molar-refractivity contribution in [3.63, 3.8) is 0 Å². The summed E-state index contributed by atoms with van der Waals surface area (Å²) in [5.41, 5.74) is 5.55. The summed E-state index contributed by atoms with van der Waals surface area (Å²) < 4.78 is 6.44. The van der Waals surface area contributed by atoms with E-state index in [9.17, 15) is 0 Å². The third-order valence-electron chi connectivity index (χ3n) is 5.16. The molecule has 26 heavy (non-hydrogen) atoms. The van der Waals surface area contributed by atoms with Gasteiger partial charge in [-0.25, -0.2) is 0 Å². The fourth-order valence-corrected chi connectivity index (χ4v) is 3.65. The minimum Gasteiger partial charge on any atom is -0.489 e. The lowest BCUT2D eigenvalue weighted by atomic mass is 9.83. The van der Waals surface area contributed by atoms with Crippen molar-refractivity contribution < 1.29 is 4.74 Å². The number of ether oxygens (including phenoxy) is 1. The van der Waals surface area contributed by atoms with E-state index >= 15 is 0 Å². The molecule has 1 aliphatic heterocycles. The van der Waals surface area contributed by atoms with E-state index in [2.05, 4.69) is 87.5 Å². The molecule has 1 nitrogen and oxygen atoms in total. The zero-order valence-corrected chi connectivity index (χ0v) is 16.2. The van der Waals surface area contributed by atoms with Gasteiger partial charge in [0.25, 0.3) is 0 Å². The van der Waals surface area contributed by atoms with Crippen molar-refractivity contribution in [3.8, 4) is 5.75 Å². The van der Waals surface area contributed by atoms with Crippen LogP contribution in [0.4, 0.5) is 0 Å². The lowest BCUT2D eigenvalue weighted by molar-refractivity contribution is 0.152. The van der Waals surface area contributed by atoms with Gasteiger partial charge in [0.05, 0.1) is 0 Å². The van der Waals surface area contributed by atoms with Gasteiger partial charge in [0.1, 0.15) is 11.9 Å². The maximum absolute atomic E-state index is 6.44. The number of para-hydroxylation sites is 1. The zero-order valence-electron chi connectivity index (χ0n) is 16.2. The van der Waals surface area contributed by atoms with Crippen LogP contribution in [0.1, 0.15) is 57.1 Å². The summed E-state index contributed by atoms with van der Waals surface area (Å²) in [4.78, 5) is 0. The highest BCUT2D eigenvalue weighted by Crippen LogP contribution is 2.37. The van der Waals surface area contributed by atoms with Crippen LogP contribution in [0.2, 0.25) is 0 Å². The van der Waals surface area contributed by atoms with Crippen LogP contribution >= 0.6 is 0 Å². The van der Waals surface area contributed by atoms with Gasteiger partial charge >= 0.3 is 0 Å². The van der Waals surface area contributed by atoms with Crippen molar-refractivity contribution in [1.82, 2.24) is 0 Å². The number of allylic oxidation sites excluding steroid dienone is 3. The maximum Gasteiger partial charge on any atom is 0.122 e. The summed E-state index contributed by atoms with van der Waals surface area (Å²) in [6.07, 6.45) is 9.17. The molecule has 1 heterocycles. The van der Waals surface area contributed by atoms with Crippen LogP contribution in [0, 0.1) is 0 Å². The Morgan fingerprint density at radius 3 is 2.46 bits per heavy atom. The van der Waals surface area contributed by atoms with Crippen LogP contribution in [0.15, 0.2) is 77.9 Å². The lowest BCUT2D eigenvalue weighted by Gasteiger charge is -2.33. The number of rotatable bonds is 6. The van der Waals surface area contributed by atoms with Gasteiger partial charge in [-0.3, -0.25) is 0 Å². The predicted molar refractivity (Wildman–Crippen MR) is 111 cm³/mol. The van der Waals surface area contributed by atoms with E-state index in [4.69, 9.17) is 4.74 Å². The topological polar surface area (TPSA) is 9.23 Å². The molecule has 0 saturated carbocycles. The monoisotopic (exact) mass is 346 g/mol. The van der Waals surface area contributed by atoms with E-state index in [-0.39, 0.29) is 6.10 Å². The number of fused-ring (bicyclic) bond motifs is 1. The van der Waals surface area contributed by atoms with Crippen LogP contribution < -0.4 is 4.74 Å². The van der Waals surface area contributed by atoms with Crippen molar-refractivity contribution in [2.45, 2.75) is 58.5 Å². The molecule has 3 rings (SSSR count). The zero-order chi connectivity index (χ0) is 18.4. The second-order valence-corrected chi connectivity index (χ2v) is 7.59. The Morgan fingerprint density at radius 2 is 1.69 bits per heavy atom. The molecule has 0 N–H and O–H groups in total. The molecule has 2 aromatic carbocycles. The summed E-state index contributed by atoms with van der Waals surface area (Å²) in [6, 6.07) is 19.3. The van der Waals surface area contributed by atoms with Crippen LogP contribution in [0.25, 0.3) is 0 Å². The molecule has 2 atom stereocenters. The van der Waals surface area contributed by atoms with Crippen molar-refractivity contribution in [2.24, 2.45) is 0 Å². The third kappa shape index (κ3) is 4.88. The first-order valence-corrected chi connectivity index (χ1v) is 9.72. The smallest absolute Gasteiger partial charge is 0.122 e. The molecule has 0 aromatic heterocycles. The first kappa shape index (κ1) is 18.5. The van der Waals surface area contributed by atoms with Gasteiger partial charge in [0, 0.05) is 12.3 Å². The SMILES string of the molecule is CC(C)=CCC/C(C)=C/CC1Oc2ccccc2CC1c1ccccc1. The van der Waals surface area contributed by atoms with Crippen molar-refractivity contribution in [1.29, 1.82) is 0 Å². The van der Waals surface area contributed by atoms with E-state index in [1.54, 1.807) is 0 Å². The van der Waals surface area contributed by atoms with Gasteiger partial charge in [-0.05, 0) is 57.2 Å². The van der Waals surface area contributed by atoms with Gasteiger partial charge in [0.2, 0.25) is 0 Å². The average Bonchev–Trinajstić information content (AvgIpc) is 2.66. The summed E-state index contributed by atoms with van der Waals surface area (Å²) in [6.45, 7) is 6.57. The summed E-state index contributed by atoms with van der Waals surface area (Å²) in [5.74, 6) is 1.47. The van der Waals surface area contributed by atoms with Crippen molar-refractivity contribution in [2.75, 3.05) is 0 Å². The highest BCUT2D eigenvalue weighted by atomic mass is 16.5. The van der Waals surface area contributed by atoms with E-state index in [0.717, 1.165) is 31.4 Å². The fraction of sp³-hybridized carbons (Fsp3) is 0.360. The van der Waals surface area contributed by atoms with Crippen LogP contribution in [0.3, 0.4) is 0 Å². The quantitative estimate of drug-likeness (QED) is 0.519. The van der Waals surface area contributed by atoms with Gasteiger partial charge in [-0.15, -0.1) is 0 Å². The third-order valence-corrected chi connectivity index (χ3v) is 5.16. The highest BCUT2D eigenvalue weighted by Gasteiger charge is 2.30. The second kappa shape index (κ2) is 8.89. The maximum atomic E-state index is 6.44. The van der Waals surface area contributed by atoms with Gasteiger partial charge in [-0.1, -0.05) is 71.8 Å². The minimum absolute atomic E-state index is 0.200. The van der Waals surface area contributed by atoms with Crippen molar-refractivity contribution >= 4 is 0 Å². The van der Waals surface area contributed by atoms with E-state index in [1.165, 1.54) is 22.3 Å². The normalized spacial score (nSPS) is 19.4. The van der Waals surface area contributed by atoms with Crippen LogP contribution in [0.5, 0.6) is 5.75 Å². The van der Waals surface area contributed by atoms with Gasteiger partial charge in [0.15, 0.2) is 0 Å². The lowest BCUT2D eigenvalue weighted by Crippen LogP contribution is -2.31. The molecule has 0 radical (unpaired) electrons. The molecule has 0 amide bonds. The number of benzene rings is 2. The highest BCUT2D eigenvalue weighted by molar-refractivity contribution is 5.39. The van der Waals surface area contributed by atoms with Crippen molar-refractivity contribution in [3.05, 3.63) is 89.0 Å². The molecular formula is C25H30O. The molecule has 0 spiro atoms. The van der Waals surface area contributed by atoms with Crippen LogP contribution in [-0.2, 0) is 6.42 Å². The van der Waals surface area contributed by atoms with E-state index < -0.39 is 0 Å². The Labute approximate surface area is 158 Å². The molecule has 2 unspecified atom stereocenters. The van der Waals surface area contributed by atoms with Gasteiger partial charge < -0.3 is 4.74 Å². The van der Waals surface area contributed by atoms with E-state index in [0.29, 0.717) is 5.92 Å². The Balaban J connectivity index is 1.75. The summed E-state index contributed by atoms with van der Waals surface area (Å²) in [7, 11) is 0. The fourth-order valence-electron chi connectivity index (χ4n) is 3.65. The molecular weight excluding hydrogens is 316 g/mol. The summed E-state index contributed by atoms with van der Waals surface area (Å²) >= 11 is 0. The molecule has 136 valence electrons. The predicted octanol–water partition coefficient (Wildman–Crippen LogP) is 6.86. The summed E-state index contributed by atoms with van der Waals surface area (Å²) in [5, 5.41) is 0. The molecule has 2 aromatic rings.